The first-order chi connectivity index (χ1) is 16.6. The van der Waals surface area contributed by atoms with E-state index in [2.05, 4.69) is 32.3 Å². The molecule has 1 aliphatic heterocycles. The molecule has 1 unspecified atom stereocenters. The molecule has 1 atom stereocenters. The Morgan fingerprint density at radius 1 is 1.14 bits per heavy atom. The summed E-state index contributed by atoms with van der Waals surface area (Å²) in [6, 6.07) is 7.28. The fourth-order valence-electron chi connectivity index (χ4n) is 3.78. The molecule has 1 N–H and O–H groups in total. The summed E-state index contributed by atoms with van der Waals surface area (Å²) in [5.74, 6) is 3.08. The molecule has 6 nitrogen and oxygen atoms in total. The third-order valence-electron chi connectivity index (χ3n) is 5.86. The summed E-state index contributed by atoms with van der Waals surface area (Å²) in [7, 11) is 0. The first-order valence-electron chi connectivity index (χ1n) is 10.7. The van der Waals surface area contributed by atoms with Crippen LogP contribution in [0.1, 0.15) is 37.6 Å². The number of hydrogen-bond donors (Lipinski definition) is 1. The Bertz CT molecular complexity index is 1520. The van der Waals surface area contributed by atoms with Crippen LogP contribution in [0.4, 0.5) is 27.6 Å². The van der Waals surface area contributed by atoms with E-state index >= 15 is 4.39 Å². The number of nitrogens with zero attached hydrogens (tertiary/aromatic N) is 4. The van der Waals surface area contributed by atoms with Crippen LogP contribution in [0.15, 0.2) is 36.7 Å². The highest BCUT2D eigenvalue weighted by atomic mass is 19.4. The number of anilines is 1. The van der Waals surface area contributed by atoms with Crippen LogP contribution >= 0.6 is 0 Å². The van der Waals surface area contributed by atoms with Crippen LogP contribution in [0, 0.1) is 28.9 Å². The molecule has 0 saturated heterocycles. The molecule has 4 aromatic rings. The van der Waals surface area contributed by atoms with Gasteiger partial charge in [0.15, 0.2) is 17.4 Å². The third-order valence-corrected chi connectivity index (χ3v) is 5.86. The van der Waals surface area contributed by atoms with Gasteiger partial charge in [-0.05, 0) is 38.1 Å². The molecule has 11 heteroatoms. The molecule has 0 aliphatic carbocycles. The van der Waals surface area contributed by atoms with Gasteiger partial charge in [0.25, 0.3) is 5.78 Å². The van der Waals surface area contributed by atoms with Crippen molar-refractivity contribution in [1.29, 1.82) is 0 Å². The zero-order valence-corrected chi connectivity index (χ0v) is 18.5. The Labute approximate surface area is 196 Å². The Hall–Kier alpha value is -3.94. The predicted octanol–water partition coefficient (Wildman–Crippen LogP) is 5.43. The molecule has 2 aromatic heterocycles. The molecule has 0 amide bonds. The van der Waals surface area contributed by atoms with Crippen molar-refractivity contribution in [3.05, 3.63) is 59.6 Å². The van der Waals surface area contributed by atoms with E-state index < -0.39 is 29.3 Å². The molecule has 35 heavy (non-hydrogen) atoms. The van der Waals surface area contributed by atoms with Crippen LogP contribution in [-0.4, -0.2) is 32.3 Å². The molecule has 0 radical (unpaired) electrons. The minimum Gasteiger partial charge on any atom is -0.481 e. The summed E-state index contributed by atoms with van der Waals surface area (Å²) < 4.78 is 76.8. The number of benzene rings is 2. The van der Waals surface area contributed by atoms with Gasteiger partial charge in [-0.3, -0.25) is 4.40 Å². The van der Waals surface area contributed by atoms with E-state index in [1.165, 1.54) is 22.9 Å². The van der Waals surface area contributed by atoms with Crippen LogP contribution < -0.4 is 10.1 Å². The lowest BCUT2D eigenvalue weighted by atomic mass is 9.93. The van der Waals surface area contributed by atoms with E-state index in [4.69, 9.17) is 4.74 Å². The summed E-state index contributed by atoms with van der Waals surface area (Å²) in [6.07, 6.45) is -3.75. The van der Waals surface area contributed by atoms with Crippen LogP contribution in [-0.2, 0) is 0 Å². The zero-order chi connectivity index (χ0) is 25.0. The van der Waals surface area contributed by atoms with Crippen molar-refractivity contribution in [2.45, 2.75) is 32.5 Å². The number of aromatic nitrogens is 4. The maximum absolute atomic E-state index is 15.0. The monoisotopic (exact) mass is 487 g/mol. The van der Waals surface area contributed by atoms with Crippen molar-refractivity contribution in [3.63, 3.8) is 0 Å². The molecule has 3 heterocycles. The summed E-state index contributed by atoms with van der Waals surface area (Å²) in [5, 5.41) is 10.8. The van der Waals surface area contributed by atoms with Crippen molar-refractivity contribution in [2.24, 2.45) is 5.41 Å². The van der Waals surface area contributed by atoms with Gasteiger partial charge in [0.2, 0.25) is 0 Å². The number of hydrogen-bond acceptors (Lipinski definition) is 5. The van der Waals surface area contributed by atoms with Gasteiger partial charge in [-0.2, -0.15) is 13.2 Å². The van der Waals surface area contributed by atoms with Crippen molar-refractivity contribution in [2.75, 3.05) is 11.9 Å². The SMILES string of the molecule is CC(C)(C#Cc1cccc2c1OC(c1nc3nncn3c3ccc(F)c(F)c13)CCN2)C(F)(F)F. The fourth-order valence-corrected chi connectivity index (χ4v) is 3.78. The summed E-state index contributed by atoms with van der Waals surface area (Å²) in [5.41, 5.74) is -1.10. The Morgan fingerprint density at radius 3 is 2.71 bits per heavy atom. The number of nitrogens with one attached hydrogen (secondary N) is 1. The third kappa shape index (κ3) is 3.88. The van der Waals surface area contributed by atoms with Crippen molar-refractivity contribution in [1.82, 2.24) is 19.6 Å². The van der Waals surface area contributed by atoms with E-state index in [-0.39, 0.29) is 28.2 Å². The molecule has 1 aliphatic rings. The predicted molar refractivity (Wildman–Crippen MR) is 118 cm³/mol. The van der Waals surface area contributed by atoms with Crippen molar-refractivity contribution >= 4 is 22.4 Å². The van der Waals surface area contributed by atoms with E-state index in [9.17, 15) is 17.6 Å². The van der Waals surface area contributed by atoms with E-state index in [0.717, 1.165) is 19.9 Å². The summed E-state index contributed by atoms with van der Waals surface area (Å²) in [6.45, 7) is 2.36. The quantitative estimate of drug-likeness (QED) is 0.287. The van der Waals surface area contributed by atoms with Gasteiger partial charge in [-0.15, -0.1) is 10.2 Å². The fraction of sp³-hybridized carbons (Fsp3) is 0.292. The van der Waals surface area contributed by atoms with Gasteiger partial charge in [-0.1, -0.05) is 17.9 Å². The minimum atomic E-state index is -4.52. The molecular formula is C24H18F5N5O. The standard InChI is InChI=1S/C24H18F5N5O/c1-23(2,24(27,28)29)10-8-13-4-3-5-15-21(13)35-17(9-11-30-15)20-18-16(7-6-14(25)19(18)26)34-12-31-33-22(34)32-20/h3-7,12,17,30H,9,11H2,1-2H3. The number of halogens is 5. The smallest absolute Gasteiger partial charge is 0.404 e. The molecule has 5 rings (SSSR count). The van der Waals surface area contributed by atoms with E-state index in [0.29, 0.717) is 24.2 Å². The first-order valence-corrected chi connectivity index (χ1v) is 10.7. The second kappa shape index (κ2) is 8.08. The van der Waals surface area contributed by atoms with Gasteiger partial charge in [0, 0.05) is 13.0 Å². The van der Waals surface area contributed by atoms with Crippen molar-refractivity contribution < 1.29 is 26.7 Å². The highest BCUT2D eigenvalue weighted by Crippen LogP contribution is 2.40. The molecular weight excluding hydrogens is 469 g/mol. The lowest BCUT2D eigenvalue weighted by Crippen LogP contribution is -2.30. The molecule has 0 saturated carbocycles. The number of fused-ring (bicyclic) bond motifs is 4. The highest BCUT2D eigenvalue weighted by molar-refractivity contribution is 5.84. The normalized spacial score (nSPS) is 16.1. The largest absolute Gasteiger partial charge is 0.481 e. The topological polar surface area (TPSA) is 64.3 Å². The van der Waals surface area contributed by atoms with E-state index in [1.807, 2.05) is 0 Å². The molecule has 2 aromatic carbocycles. The molecule has 0 spiro atoms. The Morgan fingerprint density at radius 2 is 1.94 bits per heavy atom. The molecule has 180 valence electrons. The number of para-hydroxylation sites is 1. The van der Waals surface area contributed by atoms with Gasteiger partial charge >= 0.3 is 6.18 Å². The number of alkyl halides is 3. The van der Waals surface area contributed by atoms with Crippen LogP contribution in [0.25, 0.3) is 16.7 Å². The number of ether oxygens (including phenoxy) is 1. The Balaban J connectivity index is 1.65. The minimum absolute atomic E-state index is 0.0903. The van der Waals surface area contributed by atoms with Crippen LogP contribution in [0.5, 0.6) is 5.75 Å². The van der Waals surface area contributed by atoms with Gasteiger partial charge in [-0.25, -0.2) is 13.8 Å². The lowest BCUT2D eigenvalue weighted by molar-refractivity contribution is -0.190. The van der Waals surface area contributed by atoms with Gasteiger partial charge in [0.1, 0.15) is 17.8 Å². The first kappa shape index (κ1) is 22.8. The van der Waals surface area contributed by atoms with Gasteiger partial charge < -0.3 is 10.1 Å². The highest BCUT2D eigenvalue weighted by Gasteiger charge is 2.46. The van der Waals surface area contributed by atoms with Gasteiger partial charge in [0.05, 0.1) is 27.8 Å². The van der Waals surface area contributed by atoms with Crippen LogP contribution in [0.3, 0.4) is 0 Å². The molecule has 0 fully saturated rings. The average Bonchev–Trinajstić information content (AvgIpc) is 3.17. The van der Waals surface area contributed by atoms with Crippen molar-refractivity contribution in [3.8, 4) is 17.6 Å². The summed E-state index contributed by atoms with van der Waals surface area (Å²) in [4.78, 5) is 4.40. The number of rotatable bonds is 1. The Kier molecular flexibility index (Phi) is 5.27. The summed E-state index contributed by atoms with van der Waals surface area (Å²) >= 11 is 0. The zero-order valence-electron chi connectivity index (χ0n) is 18.5. The maximum atomic E-state index is 15.0. The van der Waals surface area contributed by atoms with Crippen LogP contribution in [0.2, 0.25) is 0 Å². The second-order valence-corrected chi connectivity index (χ2v) is 8.63. The maximum Gasteiger partial charge on any atom is 0.404 e. The second-order valence-electron chi connectivity index (χ2n) is 8.63. The molecule has 0 bridgehead atoms. The lowest BCUT2D eigenvalue weighted by Gasteiger charge is -2.21. The average molecular weight is 487 g/mol. The van der Waals surface area contributed by atoms with E-state index in [1.54, 1.807) is 12.1 Å².